The van der Waals surface area contributed by atoms with Crippen molar-refractivity contribution in [1.29, 1.82) is 0 Å². The summed E-state index contributed by atoms with van der Waals surface area (Å²) in [6, 6.07) is 8.92. The lowest BCUT2D eigenvalue weighted by molar-refractivity contribution is 0.102. The van der Waals surface area contributed by atoms with Crippen LogP contribution in [0.4, 0.5) is 11.5 Å². The molecule has 25 heavy (non-hydrogen) atoms. The maximum atomic E-state index is 12.5. The molecule has 0 aliphatic rings. The molecule has 2 aromatic rings. The van der Waals surface area contributed by atoms with E-state index in [4.69, 9.17) is 4.74 Å². The summed E-state index contributed by atoms with van der Waals surface area (Å²) in [5.41, 5.74) is 0.852. The van der Waals surface area contributed by atoms with Gasteiger partial charge in [-0.1, -0.05) is 0 Å². The summed E-state index contributed by atoms with van der Waals surface area (Å²) in [6.07, 6.45) is 0.109. The minimum Gasteiger partial charge on any atom is -0.491 e. The largest absolute Gasteiger partial charge is 0.491 e. The number of hydrogen-bond donors (Lipinski definition) is 2. The second kappa shape index (κ2) is 7.51. The van der Waals surface area contributed by atoms with Crippen molar-refractivity contribution in [1.82, 2.24) is 9.97 Å². The molecule has 0 aliphatic heterocycles. The van der Waals surface area contributed by atoms with Crippen LogP contribution >= 0.6 is 0 Å². The van der Waals surface area contributed by atoms with Crippen molar-refractivity contribution < 1.29 is 9.53 Å². The number of benzene rings is 1. The summed E-state index contributed by atoms with van der Waals surface area (Å²) in [5.74, 6) is 1.66. The number of nitrogens with one attached hydrogen (secondary N) is 2. The van der Waals surface area contributed by atoms with Crippen LogP contribution in [-0.4, -0.2) is 27.5 Å². The highest BCUT2D eigenvalue weighted by atomic mass is 16.5. The summed E-state index contributed by atoms with van der Waals surface area (Å²) in [6.45, 7) is 11.8. The van der Waals surface area contributed by atoms with Crippen LogP contribution in [0.15, 0.2) is 30.3 Å². The number of carbonyl (C=O) groups excluding carboxylic acids is 1. The molecule has 134 valence electrons. The Kier molecular flexibility index (Phi) is 5.62. The van der Waals surface area contributed by atoms with Crippen molar-refractivity contribution >= 4 is 17.4 Å². The Morgan fingerprint density at radius 1 is 1.12 bits per heavy atom. The molecule has 6 heteroatoms. The Morgan fingerprint density at radius 3 is 2.32 bits per heavy atom. The van der Waals surface area contributed by atoms with Gasteiger partial charge in [-0.2, -0.15) is 0 Å². The number of aryl methyl sites for hydroxylation is 1. The van der Waals surface area contributed by atoms with E-state index in [2.05, 4.69) is 20.6 Å². The van der Waals surface area contributed by atoms with Crippen molar-refractivity contribution in [3.63, 3.8) is 0 Å². The molecule has 1 amide bonds. The fourth-order valence-corrected chi connectivity index (χ4v) is 2.22. The van der Waals surface area contributed by atoms with E-state index in [0.717, 1.165) is 5.75 Å². The Hall–Kier alpha value is -2.63. The second-order valence-corrected chi connectivity index (χ2v) is 7.21. The van der Waals surface area contributed by atoms with Gasteiger partial charge in [0.2, 0.25) is 0 Å². The number of amides is 1. The first-order chi connectivity index (χ1) is 11.6. The van der Waals surface area contributed by atoms with Crippen molar-refractivity contribution in [2.75, 3.05) is 10.6 Å². The van der Waals surface area contributed by atoms with E-state index in [9.17, 15) is 4.79 Å². The first-order valence-electron chi connectivity index (χ1n) is 8.34. The number of carbonyl (C=O) groups is 1. The lowest BCUT2D eigenvalue weighted by Crippen LogP contribution is -2.27. The van der Waals surface area contributed by atoms with Crippen LogP contribution in [0.25, 0.3) is 0 Å². The molecule has 1 aromatic carbocycles. The number of aromatic nitrogens is 2. The molecular formula is C19H26N4O2. The smallest absolute Gasteiger partial charge is 0.274 e. The summed E-state index contributed by atoms with van der Waals surface area (Å²) in [5, 5.41) is 6.10. The normalized spacial score (nSPS) is 11.3. The SMILES string of the molecule is Cc1nc(NC(C)(C)C)cc(C(=O)Nc2ccc(OC(C)C)cc2)n1. The first kappa shape index (κ1) is 18.7. The molecule has 0 atom stereocenters. The fourth-order valence-electron chi connectivity index (χ4n) is 2.22. The number of anilines is 2. The summed E-state index contributed by atoms with van der Waals surface area (Å²) in [4.78, 5) is 21.0. The second-order valence-electron chi connectivity index (χ2n) is 7.21. The molecule has 1 aromatic heterocycles. The zero-order valence-corrected chi connectivity index (χ0v) is 15.7. The van der Waals surface area contributed by atoms with Gasteiger partial charge in [-0.05, 0) is 65.8 Å². The third kappa shape index (κ3) is 6.06. The number of ether oxygens (including phenoxy) is 1. The highest BCUT2D eigenvalue weighted by Gasteiger charge is 2.15. The first-order valence-corrected chi connectivity index (χ1v) is 8.34. The van der Waals surface area contributed by atoms with E-state index >= 15 is 0 Å². The average molecular weight is 342 g/mol. The van der Waals surface area contributed by atoms with E-state index in [-0.39, 0.29) is 17.6 Å². The van der Waals surface area contributed by atoms with Gasteiger partial charge in [-0.25, -0.2) is 9.97 Å². The van der Waals surface area contributed by atoms with E-state index in [1.54, 1.807) is 25.1 Å². The molecular weight excluding hydrogens is 316 g/mol. The monoisotopic (exact) mass is 342 g/mol. The van der Waals surface area contributed by atoms with Gasteiger partial charge in [0, 0.05) is 17.3 Å². The van der Waals surface area contributed by atoms with Gasteiger partial charge in [-0.3, -0.25) is 4.79 Å². The fraction of sp³-hybridized carbons (Fsp3) is 0.421. The standard InChI is InChI=1S/C19H26N4O2/c1-12(2)25-15-9-7-14(8-10-15)22-18(24)16-11-17(21-13(3)20-16)23-19(4,5)6/h7-12H,1-6H3,(H,22,24)(H,20,21,23). The maximum Gasteiger partial charge on any atom is 0.274 e. The number of rotatable bonds is 5. The van der Waals surface area contributed by atoms with Crippen LogP contribution < -0.4 is 15.4 Å². The van der Waals surface area contributed by atoms with E-state index in [1.165, 1.54) is 0 Å². The van der Waals surface area contributed by atoms with E-state index < -0.39 is 0 Å². The molecule has 0 aliphatic carbocycles. The molecule has 1 heterocycles. The van der Waals surface area contributed by atoms with Crippen LogP contribution in [0.3, 0.4) is 0 Å². The third-order valence-corrected chi connectivity index (χ3v) is 3.06. The molecule has 0 saturated heterocycles. The molecule has 6 nitrogen and oxygen atoms in total. The highest BCUT2D eigenvalue weighted by molar-refractivity contribution is 6.03. The van der Waals surface area contributed by atoms with Crippen LogP contribution in [0.5, 0.6) is 5.75 Å². The molecule has 2 N–H and O–H groups in total. The van der Waals surface area contributed by atoms with Gasteiger partial charge in [-0.15, -0.1) is 0 Å². The lowest BCUT2D eigenvalue weighted by atomic mass is 10.1. The minimum absolute atomic E-state index is 0.109. The Balaban J connectivity index is 2.12. The molecule has 2 rings (SSSR count). The molecule has 0 radical (unpaired) electrons. The predicted molar refractivity (Wildman–Crippen MR) is 100 cm³/mol. The minimum atomic E-state index is -0.278. The number of hydrogen-bond acceptors (Lipinski definition) is 5. The van der Waals surface area contributed by atoms with Crippen LogP contribution in [-0.2, 0) is 0 Å². The zero-order chi connectivity index (χ0) is 18.6. The highest BCUT2D eigenvalue weighted by Crippen LogP contribution is 2.18. The average Bonchev–Trinajstić information content (AvgIpc) is 2.46. The van der Waals surface area contributed by atoms with Crippen molar-refractivity contribution in [2.24, 2.45) is 0 Å². The van der Waals surface area contributed by atoms with Crippen LogP contribution in [0, 0.1) is 6.92 Å². The predicted octanol–water partition coefficient (Wildman–Crippen LogP) is 4.03. The van der Waals surface area contributed by atoms with Gasteiger partial charge < -0.3 is 15.4 Å². The van der Waals surface area contributed by atoms with E-state index in [0.29, 0.717) is 23.0 Å². The van der Waals surface area contributed by atoms with Crippen molar-refractivity contribution in [3.8, 4) is 5.75 Å². The van der Waals surface area contributed by atoms with Gasteiger partial charge in [0.05, 0.1) is 6.10 Å². The van der Waals surface area contributed by atoms with Gasteiger partial charge in [0.1, 0.15) is 23.1 Å². The Morgan fingerprint density at radius 2 is 1.76 bits per heavy atom. The van der Waals surface area contributed by atoms with Crippen LogP contribution in [0.1, 0.15) is 50.9 Å². The topological polar surface area (TPSA) is 76.1 Å². The van der Waals surface area contributed by atoms with Crippen molar-refractivity contribution in [3.05, 3.63) is 41.9 Å². The molecule has 0 spiro atoms. The Bertz CT molecular complexity index is 734. The molecule has 0 bridgehead atoms. The van der Waals surface area contributed by atoms with Gasteiger partial charge in [0.25, 0.3) is 5.91 Å². The lowest BCUT2D eigenvalue weighted by Gasteiger charge is -2.21. The summed E-state index contributed by atoms with van der Waals surface area (Å²) in [7, 11) is 0. The third-order valence-electron chi connectivity index (χ3n) is 3.06. The molecule has 0 fully saturated rings. The molecule has 0 saturated carbocycles. The molecule has 0 unspecified atom stereocenters. The Labute approximate surface area is 149 Å². The summed E-state index contributed by atoms with van der Waals surface area (Å²) >= 11 is 0. The number of nitrogens with zero attached hydrogens (tertiary/aromatic N) is 2. The van der Waals surface area contributed by atoms with Gasteiger partial charge >= 0.3 is 0 Å². The zero-order valence-electron chi connectivity index (χ0n) is 15.7. The summed E-state index contributed by atoms with van der Waals surface area (Å²) < 4.78 is 5.60. The van der Waals surface area contributed by atoms with Crippen LogP contribution in [0.2, 0.25) is 0 Å². The van der Waals surface area contributed by atoms with Gasteiger partial charge in [0.15, 0.2) is 0 Å². The maximum absolute atomic E-state index is 12.5. The van der Waals surface area contributed by atoms with E-state index in [1.807, 2.05) is 46.8 Å². The quantitative estimate of drug-likeness (QED) is 0.858. The van der Waals surface area contributed by atoms with Crippen molar-refractivity contribution in [2.45, 2.75) is 53.2 Å².